The number of rotatable bonds is 4. The first-order chi connectivity index (χ1) is 13.5. The minimum atomic E-state index is -0.551. The number of imide groups is 1. The maximum Gasteiger partial charge on any atom is 0.255 e. The van der Waals surface area contributed by atoms with Crippen molar-refractivity contribution in [1.82, 2.24) is 20.9 Å². The Morgan fingerprint density at radius 2 is 2.07 bits per heavy atom. The Morgan fingerprint density at radius 1 is 1.21 bits per heavy atom. The topological polar surface area (TPSA) is 90.5 Å². The first-order valence-corrected chi connectivity index (χ1v) is 10.2. The fraction of sp³-hybridized carbons (Fsp3) is 0.571. The molecule has 5 rings (SSSR count). The first kappa shape index (κ1) is 17.8. The third-order valence-corrected chi connectivity index (χ3v) is 6.87. The van der Waals surface area contributed by atoms with Crippen LogP contribution in [0.4, 0.5) is 0 Å². The molecular weight excluding hydrogens is 356 g/mol. The van der Waals surface area contributed by atoms with E-state index in [1.54, 1.807) is 4.90 Å². The molecule has 0 aromatic heterocycles. The Labute approximate surface area is 164 Å². The number of fused-ring (bicyclic) bond motifs is 1. The maximum atomic E-state index is 12.7. The molecule has 0 radical (unpaired) electrons. The molecule has 2 saturated heterocycles. The van der Waals surface area contributed by atoms with Gasteiger partial charge in [-0.05, 0) is 54.8 Å². The average Bonchev–Trinajstić information content (AvgIpc) is 3.25. The fourth-order valence-electron chi connectivity index (χ4n) is 5.27. The number of amides is 3. The Morgan fingerprint density at radius 3 is 2.82 bits per heavy atom. The summed E-state index contributed by atoms with van der Waals surface area (Å²) in [6.07, 6.45) is 4.46. The van der Waals surface area contributed by atoms with E-state index >= 15 is 0 Å². The van der Waals surface area contributed by atoms with Gasteiger partial charge in [0.15, 0.2) is 0 Å². The molecule has 7 heteroatoms. The molecule has 3 N–H and O–H groups in total. The molecule has 4 aliphatic rings. The minimum absolute atomic E-state index is 0.112. The summed E-state index contributed by atoms with van der Waals surface area (Å²) in [6.45, 7) is 3.54. The van der Waals surface area contributed by atoms with Gasteiger partial charge in [0.1, 0.15) is 6.04 Å². The van der Waals surface area contributed by atoms with Crippen LogP contribution in [0.5, 0.6) is 0 Å². The van der Waals surface area contributed by atoms with Crippen molar-refractivity contribution in [2.45, 2.75) is 57.3 Å². The van der Waals surface area contributed by atoms with Crippen molar-refractivity contribution in [2.75, 3.05) is 13.1 Å². The van der Waals surface area contributed by atoms with Crippen LogP contribution in [-0.4, -0.2) is 47.8 Å². The number of carbonyl (C=O) groups is 3. The van der Waals surface area contributed by atoms with Gasteiger partial charge in [0.05, 0.1) is 0 Å². The Balaban J connectivity index is 1.21. The number of nitrogens with one attached hydrogen (secondary N) is 3. The monoisotopic (exact) mass is 382 g/mol. The molecule has 1 atom stereocenters. The minimum Gasteiger partial charge on any atom is -0.322 e. The fourth-order valence-corrected chi connectivity index (χ4v) is 5.27. The summed E-state index contributed by atoms with van der Waals surface area (Å²) in [4.78, 5) is 37.9. The van der Waals surface area contributed by atoms with Crippen molar-refractivity contribution in [2.24, 2.45) is 5.41 Å². The quantitative estimate of drug-likeness (QED) is 0.667. The number of carbonyl (C=O) groups excluding carboxylic acids is 3. The molecule has 3 heterocycles. The van der Waals surface area contributed by atoms with Gasteiger partial charge in [-0.25, -0.2) is 0 Å². The van der Waals surface area contributed by atoms with Crippen LogP contribution in [-0.2, 0) is 22.7 Å². The Bertz CT molecular complexity index is 838. The highest BCUT2D eigenvalue weighted by atomic mass is 16.2. The van der Waals surface area contributed by atoms with Crippen molar-refractivity contribution in [3.63, 3.8) is 0 Å². The molecule has 1 aromatic rings. The first-order valence-electron chi connectivity index (χ1n) is 10.2. The number of piperidine rings is 1. The summed E-state index contributed by atoms with van der Waals surface area (Å²) >= 11 is 0. The Kier molecular flexibility index (Phi) is 4.25. The Hall–Kier alpha value is -2.25. The van der Waals surface area contributed by atoms with Crippen LogP contribution in [0.3, 0.4) is 0 Å². The maximum absolute atomic E-state index is 12.7. The smallest absolute Gasteiger partial charge is 0.255 e. The number of benzene rings is 1. The van der Waals surface area contributed by atoms with E-state index in [1.807, 2.05) is 12.1 Å². The normalized spacial score (nSPS) is 31.9. The standard InChI is InChI=1S/C21H26N4O3/c26-18-4-3-17(19(27)24-18)25-11-14-7-13(1-2-16(14)20(25)28)10-23-15-8-21(9-15)5-6-22-12-21/h1-2,7,15,17,22-23H,3-6,8-12H2,(H,24,26,27). The highest BCUT2D eigenvalue weighted by molar-refractivity contribution is 6.05. The molecule has 1 spiro atoms. The predicted octanol–water partition coefficient (Wildman–Crippen LogP) is 0.679. The summed E-state index contributed by atoms with van der Waals surface area (Å²) in [5.74, 6) is -0.733. The summed E-state index contributed by atoms with van der Waals surface area (Å²) in [5.41, 5.74) is 3.35. The molecule has 1 aromatic carbocycles. The van der Waals surface area contributed by atoms with Crippen molar-refractivity contribution in [1.29, 1.82) is 0 Å². The van der Waals surface area contributed by atoms with E-state index in [0.717, 1.165) is 25.2 Å². The van der Waals surface area contributed by atoms with Crippen molar-refractivity contribution in [3.8, 4) is 0 Å². The van der Waals surface area contributed by atoms with Crippen molar-refractivity contribution < 1.29 is 14.4 Å². The lowest BCUT2D eigenvalue weighted by molar-refractivity contribution is -0.136. The molecule has 1 unspecified atom stereocenters. The van der Waals surface area contributed by atoms with Gasteiger partial charge in [0.25, 0.3) is 5.91 Å². The van der Waals surface area contributed by atoms with Gasteiger partial charge >= 0.3 is 0 Å². The molecular formula is C21H26N4O3. The molecule has 3 aliphatic heterocycles. The van der Waals surface area contributed by atoms with E-state index < -0.39 is 6.04 Å². The summed E-state index contributed by atoms with van der Waals surface area (Å²) < 4.78 is 0. The van der Waals surface area contributed by atoms with E-state index in [9.17, 15) is 14.4 Å². The highest BCUT2D eigenvalue weighted by Crippen LogP contribution is 2.45. The van der Waals surface area contributed by atoms with Crippen LogP contribution in [0.1, 0.15) is 53.6 Å². The molecule has 1 saturated carbocycles. The second-order valence-electron chi connectivity index (χ2n) is 8.80. The number of nitrogens with zero attached hydrogens (tertiary/aromatic N) is 1. The number of hydrogen-bond donors (Lipinski definition) is 3. The zero-order valence-corrected chi connectivity index (χ0v) is 15.9. The highest BCUT2D eigenvalue weighted by Gasteiger charge is 2.45. The van der Waals surface area contributed by atoms with Crippen LogP contribution in [0.15, 0.2) is 18.2 Å². The second kappa shape index (κ2) is 6.67. The van der Waals surface area contributed by atoms with Crippen LogP contribution < -0.4 is 16.0 Å². The SMILES string of the molecule is O=C1CCC(N2Cc3cc(CNC4CC5(CCNC5)C4)ccc3C2=O)C(=O)N1. The van der Waals surface area contributed by atoms with E-state index in [-0.39, 0.29) is 24.1 Å². The largest absolute Gasteiger partial charge is 0.322 e. The molecule has 28 heavy (non-hydrogen) atoms. The molecule has 1 aliphatic carbocycles. The zero-order chi connectivity index (χ0) is 19.3. The summed E-state index contributed by atoms with van der Waals surface area (Å²) in [5, 5.41) is 9.46. The molecule has 7 nitrogen and oxygen atoms in total. The van der Waals surface area contributed by atoms with Gasteiger partial charge in [-0.15, -0.1) is 0 Å². The second-order valence-corrected chi connectivity index (χ2v) is 8.80. The van der Waals surface area contributed by atoms with Gasteiger partial charge in [0.2, 0.25) is 11.8 Å². The molecule has 0 bridgehead atoms. The zero-order valence-electron chi connectivity index (χ0n) is 15.9. The summed E-state index contributed by atoms with van der Waals surface area (Å²) in [7, 11) is 0. The van der Waals surface area contributed by atoms with E-state index in [4.69, 9.17) is 0 Å². The van der Waals surface area contributed by atoms with Gasteiger partial charge in [-0.3, -0.25) is 19.7 Å². The predicted molar refractivity (Wildman–Crippen MR) is 102 cm³/mol. The van der Waals surface area contributed by atoms with Gasteiger partial charge in [-0.1, -0.05) is 12.1 Å². The van der Waals surface area contributed by atoms with Crippen molar-refractivity contribution in [3.05, 3.63) is 34.9 Å². The van der Waals surface area contributed by atoms with Crippen molar-refractivity contribution >= 4 is 17.7 Å². The van der Waals surface area contributed by atoms with Crippen LogP contribution >= 0.6 is 0 Å². The van der Waals surface area contributed by atoms with Gasteiger partial charge in [-0.2, -0.15) is 0 Å². The van der Waals surface area contributed by atoms with Crippen LogP contribution in [0, 0.1) is 5.41 Å². The van der Waals surface area contributed by atoms with E-state index in [2.05, 4.69) is 22.0 Å². The molecule has 3 amide bonds. The van der Waals surface area contributed by atoms with Crippen LogP contribution in [0.25, 0.3) is 0 Å². The lowest BCUT2D eigenvalue weighted by Gasteiger charge is -2.45. The molecule has 148 valence electrons. The third-order valence-electron chi connectivity index (χ3n) is 6.87. The van der Waals surface area contributed by atoms with Crippen LogP contribution in [0.2, 0.25) is 0 Å². The van der Waals surface area contributed by atoms with Gasteiger partial charge < -0.3 is 15.5 Å². The van der Waals surface area contributed by atoms with E-state index in [0.29, 0.717) is 30.0 Å². The molecule has 3 fully saturated rings. The van der Waals surface area contributed by atoms with E-state index in [1.165, 1.54) is 24.8 Å². The lowest BCUT2D eigenvalue weighted by Crippen LogP contribution is -2.52. The summed E-state index contributed by atoms with van der Waals surface area (Å²) in [6, 6.07) is 5.99. The number of hydrogen-bond acceptors (Lipinski definition) is 5. The lowest BCUT2D eigenvalue weighted by atomic mass is 9.65. The third kappa shape index (κ3) is 3.02. The average molecular weight is 382 g/mol. The van der Waals surface area contributed by atoms with Gasteiger partial charge in [0, 0.05) is 37.7 Å².